The first-order valence-electron chi connectivity index (χ1n) is 6.05. The number of aromatic nitrogens is 2. The molecule has 1 aromatic rings. The Morgan fingerprint density at radius 3 is 2.58 bits per heavy atom. The Hall–Kier alpha value is -2.03. The van der Waals surface area contributed by atoms with Crippen LogP contribution in [0.4, 0.5) is 4.79 Å². The van der Waals surface area contributed by atoms with Crippen molar-refractivity contribution in [2.75, 3.05) is 7.05 Å². The zero-order valence-electron chi connectivity index (χ0n) is 12.3. The van der Waals surface area contributed by atoms with E-state index in [-0.39, 0.29) is 6.04 Å². The molecule has 19 heavy (non-hydrogen) atoms. The van der Waals surface area contributed by atoms with E-state index in [9.17, 15) is 4.79 Å². The second-order valence-corrected chi connectivity index (χ2v) is 5.46. The Kier molecular flexibility index (Phi) is 4.20. The number of ether oxygens (including phenoxy) is 1. The summed E-state index contributed by atoms with van der Waals surface area (Å²) in [4.78, 5) is 13.4. The van der Waals surface area contributed by atoms with Crippen molar-refractivity contribution < 1.29 is 9.53 Å². The summed E-state index contributed by atoms with van der Waals surface area (Å²) in [7, 11) is 3.35. The molecule has 1 heterocycles. The predicted octanol–water partition coefficient (Wildman–Crippen LogP) is 2.22. The fourth-order valence-electron chi connectivity index (χ4n) is 1.49. The largest absolute Gasteiger partial charge is 0.444 e. The minimum atomic E-state index is -0.535. The lowest BCUT2D eigenvalue weighted by molar-refractivity contribution is 0.0230. The minimum absolute atomic E-state index is 0.261. The number of rotatable bonds is 2. The molecule has 0 aliphatic carbocycles. The molecule has 6 nitrogen and oxygen atoms in total. The maximum absolute atomic E-state index is 11.9. The molecule has 0 bridgehead atoms. The second kappa shape index (κ2) is 5.31. The highest BCUT2D eigenvalue weighted by Crippen LogP contribution is 2.20. The van der Waals surface area contributed by atoms with Crippen LogP contribution in [0.1, 0.15) is 45.1 Å². The van der Waals surface area contributed by atoms with E-state index in [1.807, 2.05) is 33.8 Å². The minimum Gasteiger partial charge on any atom is -0.444 e. The lowest BCUT2D eigenvalue weighted by Gasteiger charge is -2.27. The first-order chi connectivity index (χ1) is 8.65. The summed E-state index contributed by atoms with van der Waals surface area (Å²) in [5.41, 5.74) is 0.583. The van der Waals surface area contributed by atoms with E-state index in [4.69, 9.17) is 10.00 Å². The summed E-state index contributed by atoms with van der Waals surface area (Å²) in [6.07, 6.45) is -0.413. The van der Waals surface area contributed by atoms with Crippen molar-refractivity contribution in [1.82, 2.24) is 14.7 Å². The Bertz CT molecular complexity index is 508. The van der Waals surface area contributed by atoms with Crippen LogP contribution in [0.5, 0.6) is 0 Å². The highest BCUT2D eigenvalue weighted by atomic mass is 16.6. The number of carbonyl (C=O) groups is 1. The monoisotopic (exact) mass is 264 g/mol. The van der Waals surface area contributed by atoms with Gasteiger partial charge in [0.15, 0.2) is 0 Å². The molecule has 0 spiro atoms. The van der Waals surface area contributed by atoms with Crippen LogP contribution in [0.15, 0.2) is 6.07 Å². The van der Waals surface area contributed by atoms with Gasteiger partial charge in [-0.3, -0.25) is 4.68 Å². The van der Waals surface area contributed by atoms with Crippen LogP contribution in [0.2, 0.25) is 0 Å². The molecule has 0 saturated carbocycles. The van der Waals surface area contributed by atoms with Crippen molar-refractivity contribution >= 4 is 6.09 Å². The van der Waals surface area contributed by atoms with E-state index in [0.29, 0.717) is 11.4 Å². The quantitative estimate of drug-likeness (QED) is 0.821. The van der Waals surface area contributed by atoms with Gasteiger partial charge in [0.25, 0.3) is 0 Å². The van der Waals surface area contributed by atoms with Gasteiger partial charge in [-0.05, 0) is 33.8 Å². The van der Waals surface area contributed by atoms with E-state index in [1.54, 1.807) is 20.2 Å². The fourth-order valence-corrected chi connectivity index (χ4v) is 1.49. The molecule has 0 aromatic carbocycles. The van der Waals surface area contributed by atoms with Gasteiger partial charge in [0.2, 0.25) is 0 Å². The summed E-state index contributed by atoms with van der Waals surface area (Å²) >= 11 is 0. The van der Waals surface area contributed by atoms with Gasteiger partial charge in [0.1, 0.15) is 17.4 Å². The number of hydrogen-bond acceptors (Lipinski definition) is 4. The van der Waals surface area contributed by atoms with Crippen LogP contribution in [0.25, 0.3) is 0 Å². The van der Waals surface area contributed by atoms with Crippen molar-refractivity contribution in [3.05, 3.63) is 17.5 Å². The molecule has 0 fully saturated rings. The van der Waals surface area contributed by atoms with Gasteiger partial charge < -0.3 is 9.64 Å². The van der Waals surface area contributed by atoms with Crippen molar-refractivity contribution in [2.24, 2.45) is 7.05 Å². The van der Waals surface area contributed by atoms with Crippen molar-refractivity contribution in [3.8, 4) is 6.07 Å². The Balaban J connectivity index is 2.84. The van der Waals surface area contributed by atoms with E-state index in [0.717, 1.165) is 0 Å². The standard InChI is InChI=1S/C13H20N4O2/c1-9(11-7-10(8-14)17(6)15-11)16(5)12(18)19-13(2,3)4/h7,9H,1-6H3/t9-/m1/s1. The highest BCUT2D eigenvalue weighted by molar-refractivity contribution is 5.68. The van der Waals surface area contributed by atoms with Gasteiger partial charge in [-0.1, -0.05) is 0 Å². The number of aryl methyl sites for hydroxylation is 1. The van der Waals surface area contributed by atoms with Crippen LogP contribution in [-0.2, 0) is 11.8 Å². The molecule has 1 rings (SSSR count). The highest BCUT2D eigenvalue weighted by Gasteiger charge is 2.25. The molecule has 1 atom stereocenters. The van der Waals surface area contributed by atoms with E-state index in [2.05, 4.69) is 5.10 Å². The van der Waals surface area contributed by atoms with E-state index in [1.165, 1.54) is 9.58 Å². The van der Waals surface area contributed by atoms with Gasteiger partial charge in [0.05, 0.1) is 11.7 Å². The molecular formula is C13H20N4O2. The third kappa shape index (κ3) is 3.71. The second-order valence-electron chi connectivity index (χ2n) is 5.46. The van der Waals surface area contributed by atoms with Crippen LogP contribution in [-0.4, -0.2) is 33.4 Å². The van der Waals surface area contributed by atoms with Gasteiger partial charge >= 0.3 is 6.09 Å². The fraction of sp³-hybridized carbons (Fsp3) is 0.615. The summed E-state index contributed by atoms with van der Waals surface area (Å²) in [5.74, 6) is 0. The molecule has 6 heteroatoms. The molecule has 1 amide bonds. The molecule has 104 valence electrons. The van der Waals surface area contributed by atoms with E-state index >= 15 is 0 Å². The van der Waals surface area contributed by atoms with Crippen molar-refractivity contribution in [2.45, 2.75) is 39.3 Å². The molecular weight excluding hydrogens is 244 g/mol. The lowest BCUT2D eigenvalue weighted by atomic mass is 10.2. The summed E-state index contributed by atoms with van der Waals surface area (Å²) in [6.45, 7) is 7.29. The number of carbonyl (C=O) groups excluding carboxylic acids is 1. The lowest BCUT2D eigenvalue weighted by Crippen LogP contribution is -2.35. The summed E-state index contributed by atoms with van der Waals surface area (Å²) in [6, 6.07) is 3.45. The average molecular weight is 264 g/mol. The van der Waals surface area contributed by atoms with Crippen LogP contribution in [0, 0.1) is 11.3 Å². The van der Waals surface area contributed by atoms with E-state index < -0.39 is 11.7 Å². The Labute approximate surface area is 113 Å². The Morgan fingerprint density at radius 1 is 1.58 bits per heavy atom. The number of amides is 1. The predicted molar refractivity (Wildman–Crippen MR) is 70.3 cm³/mol. The first-order valence-corrected chi connectivity index (χ1v) is 6.05. The Morgan fingerprint density at radius 2 is 2.16 bits per heavy atom. The number of nitrogens with zero attached hydrogens (tertiary/aromatic N) is 4. The molecule has 0 radical (unpaired) electrons. The van der Waals surface area contributed by atoms with Gasteiger partial charge in [0, 0.05) is 14.1 Å². The smallest absolute Gasteiger partial charge is 0.410 e. The maximum atomic E-state index is 11.9. The third-order valence-corrected chi connectivity index (χ3v) is 2.70. The van der Waals surface area contributed by atoms with Crippen LogP contribution >= 0.6 is 0 Å². The number of hydrogen-bond donors (Lipinski definition) is 0. The average Bonchev–Trinajstić information content (AvgIpc) is 2.66. The van der Waals surface area contributed by atoms with Gasteiger partial charge in [-0.15, -0.1) is 0 Å². The van der Waals surface area contributed by atoms with Gasteiger partial charge in [-0.25, -0.2) is 4.79 Å². The molecule has 0 aliphatic rings. The summed E-state index contributed by atoms with van der Waals surface area (Å²) in [5, 5.41) is 13.1. The summed E-state index contributed by atoms with van der Waals surface area (Å²) < 4.78 is 6.79. The van der Waals surface area contributed by atoms with Crippen LogP contribution in [0.3, 0.4) is 0 Å². The molecule has 0 unspecified atom stereocenters. The topological polar surface area (TPSA) is 71.2 Å². The molecule has 0 saturated heterocycles. The van der Waals surface area contributed by atoms with Crippen molar-refractivity contribution in [1.29, 1.82) is 5.26 Å². The SMILES string of the molecule is C[C@H](c1cc(C#N)n(C)n1)N(C)C(=O)OC(C)(C)C. The van der Waals surface area contributed by atoms with Crippen molar-refractivity contribution in [3.63, 3.8) is 0 Å². The first kappa shape index (κ1) is 15.0. The molecule has 0 aliphatic heterocycles. The third-order valence-electron chi connectivity index (χ3n) is 2.70. The normalized spacial score (nSPS) is 12.7. The zero-order valence-corrected chi connectivity index (χ0v) is 12.3. The van der Waals surface area contributed by atoms with Gasteiger partial charge in [-0.2, -0.15) is 10.4 Å². The molecule has 1 aromatic heterocycles. The zero-order chi connectivity index (χ0) is 14.8. The van der Waals surface area contributed by atoms with Crippen LogP contribution < -0.4 is 0 Å². The number of nitriles is 1. The maximum Gasteiger partial charge on any atom is 0.410 e. The molecule has 0 N–H and O–H groups in total.